The first kappa shape index (κ1) is 12.0. The molecule has 0 spiro atoms. The van der Waals surface area contributed by atoms with Gasteiger partial charge in [-0.15, -0.1) is 0 Å². The third kappa shape index (κ3) is 2.02. The van der Waals surface area contributed by atoms with Crippen LogP contribution >= 0.6 is 0 Å². The van der Waals surface area contributed by atoms with Crippen LogP contribution in [0, 0.1) is 0 Å². The Balaban J connectivity index is 1.52. The van der Waals surface area contributed by atoms with Gasteiger partial charge in [-0.25, -0.2) is 0 Å². The van der Waals surface area contributed by atoms with Crippen LogP contribution in [-0.2, 0) is 4.79 Å². The lowest BCUT2D eigenvalue weighted by molar-refractivity contribution is -0.118. The van der Waals surface area contributed by atoms with Crippen LogP contribution in [0.2, 0.25) is 0 Å². The number of hydrogen-bond donors (Lipinski definition) is 2. The van der Waals surface area contributed by atoms with E-state index in [0.29, 0.717) is 12.1 Å². The van der Waals surface area contributed by atoms with Crippen LogP contribution in [0.3, 0.4) is 0 Å². The number of hydrogen-bond acceptors (Lipinski definition) is 4. The van der Waals surface area contributed by atoms with E-state index in [1.807, 2.05) is 18.2 Å². The first-order valence-corrected chi connectivity index (χ1v) is 7.37. The molecule has 3 heterocycles. The Kier molecular flexibility index (Phi) is 2.80. The number of amides is 1. The van der Waals surface area contributed by atoms with Crippen molar-refractivity contribution in [2.24, 2.45) is 0 Å². The molecule has 0 bridgehead atoms. The van der Waals surface area contributed by atoms with Crippen molar-refractivity contribution in [2.45, 2.75) is 31.3 Å². The molecule has 2 atom stereocenters. The van der Waals surface area contributed by atoms with Crippen LogP contribution in [0.15, 0.2) is 18.2 Å². The van der Waals surface area contributed by atoms with Crippen LogP contribution in [0.5, 0.6) is 5.75 Å². The van der Waals surface area contributed by atoms with Gasteiger partial charge in [-0.05, 0) is 44.0 Å². The molecule has 4 rings (SSSR count). The Morgan fingerprint density at radius 3 is 3.20 bits per heavy atom. The standard InChI is InChI=1S/C15H19N3O2/c19-15-9-20-14-4-3-10(8-12(14)17-15)16-11-5-7-18-6-1-2-13(11)18/h3-4,8,11,13,16H,1-2,5-7,9H2,(H,17,19). The van der Waals surface area contributed by atoms with Crippen molar-refractivity contribution in [1.82, 2.24) is 4.90 Å². The SMILES string of the molecule is O=C1COc2ccc(NC3CCN4CCCC34)cc2N1. The van der Waals surface area contributed by atoms with Crippen LogP contribution in [0.1, 0.15) is 19.3 Å². The average molecular weight is 273 g/mol. The predicted octanol–water partition coefficient (Wildman–Crippen LogP) is 1.67. The fraction of sp³-hybridized carbons (Fsp3) is 0.533. The van der Waals surface area contributed by atoms with Crippen LogP contribution in [-0.4, -0.2) is 42.6 Å². The molecule has 20 heavy (non-hydrogen) atoms. The van der Waals surface area contributed by atoms with Gasteiger partial charge in [0.15, 0.2) is 6.61 Å². The molecule has 106 valence electrons. The number of nitrogens with one attached hydrogen (secondary N) is 2. The highest BCUT2D eigenvalue weighted by Gasteiger charge is 2.37. The molecule has 3 aliphatic rings. The zero-order valence-corrected chi connectivity index (χ0v) is 11.4. The number of fused-ring (bicyclic) bond motifs is 2. The molecule has 0 aromatic heterocycles. The summed E-state index contributed by atoms with van der Waals surface area (Å²) in [6.07, 6.45) is 3.81. The minimum Gasteiger partial charge on any atom is -0.482 e. The molecule has 5 nitrogen and oxygen atoms in total. The van der Waals surface area contributed by atoms with Gasteiger partial charge in [0.25, 0.3) is 5.91 Å². The largest absolute Gasteiger partial charge is 0.482 e. The topological polar surface area (TPSA) is 53.6 Å². The molecule has 2 unspecified atom stereocenters. The summed E-state index contributed by atoms with van der Waals surface area (Å²) in [4.78, 5) is 14.0. The molecular weight excluding hydrogens is 254 g/mol. The quantitative estimate of drug-likeness (QED) is 0.860. The maximum absolute atomic E-state index is 11.4. The van der Waals surface area contributed by atoms with Gasteiger partial charge in [0, 0.05) is 24.3 Å². The summed E-state index contributed by atoms with van der Waals surface area (Å²) >= 11 is 0. The molecule has 2 saturated heterocycles. The summed E-state index contributed by atoms with van der Waals surface area (Å²) in [7, 11) is 0. The van der Waals surface area contributed by atoms with Crippen molar-refractivity contribution in [3.8, 4) is 5.75 Å². The van der Waals surface area contributed by atoms with Crippen molar-refractivity contribution in [1.29, 1.82) is 0 Å². The van der Waals surface area contributed by atoms with E-state index in [1.54, 1.807) is 0 Å². The number of ether oxygens (including phenoxy) is 1. The number of nitrogens with zero attached hydrogens (tertiary/aromatic N) is 1. The number of anilines is 2. The monoisotopic (exact) mass is 273 g/mol. The van der Waals surface area contributed by atoms with E-state index in [-0.39, 0.29) is 12.5 Å². The third-order valence-electron chi connectivity index (χ3n) is 4.57. The maximum Gasteiger partial charge on any atom is 0.262 e. The van der Waals surface area contributed by atoms with Crippen molar-refractivity contribution in [3.05, 3.63) is 18.2 Å². The second-order valence-corrected chi connectivity index (χ2v) is 5.83. The summed E-state index contributed by atoms with van der Waals surface area (Å²) < 4.78 is 5.38. The second-order valence-electron chi connectivity index (χ2n) is 5.83. The number of rotatable bonds is 2. The van der Waals surface area contributed by atoms with Gasteiger partial charge >= 0.3 is 0 Å². The van der Waals surface area contributed by atoms with Crippen molar-refractivity contribution in [3.63, 3.8) is 0 Å². The lowest BCUT2D eigenvalue weighted by atomic mass is 10.1. The van der Waals surface area contributed by atoms with Crippen molar-refractivity contribution in [2.75, 3.05) is 30.3 Å². The molecule has 1 aromatic rings. The molecule has 0 aliphatic carbocycles. The molecule has 1 aromatic carbocycles. The number of carbonyl (C=O) groups excluding carboxylic acids is 1. The molecule has 3 aliphatic heterocycles. The normalized spacial score (nSPS) is 28.5. The molecule has 1 amide bonds. The van der Waals surface area contributed by atoms with Gasteiger partial charge in [0.2, 0.25) is 0 Å². The second kappa shape index (κ2) is 4.66. The van der Waals surface area contributed by atoms with Gasteiger partial charge < -0.3 is 15.4 Å². The fourth-order valence-electron chi connectivity index (χ4n) is 3.64. The molecule has 0 saturated carbocycles. The minimum absolute atomic E-state index is 0.0857. The summed E-state index contributed by atoms with van der Waals surface area (Å²) in [6.45, 7) is 2.56. The Morgan fingerprint density at radius 2 is 2.25 bits per heavy atom. The smallest absolute Gasteiger partial charge is 0.262 e. The van der Waals surface area contributed by atoms with E-state index in [9.17, 15) is 4.79 Å². The van der Waals surface area contributed by atoms with Gasteiger partial charge in [0.05, 0.1) is 5.69 Å². The summed E-state index contributed by atoms with van der Waals surface area (Å²) in [5.74, 6) is 0.668. The highest BCUT2D eigenvalue weighted by molar-refractivity contribution is 5.96. The van der Waals surface area contributed by atoms with E-state index in [4.69, 9.17) is 4.74 Å². The molecular formula is C15H19N3O2. The predicted molar refractivity (Wildman–Crippen MR) is 77.2 cm³/mol. The number of benzene rings is 1. The third-order valence-corrected chi connectivity index (χ3v) is 4.57. The Hall–Kier alpha value is -1.75. The van der Waals surface area contributed by atoms with Crippen molar-refractivity contribution < 1.29 is 9.53 Å². The lowest BCUT2D eigenvalue weighted by Crippen LogP contribution is -2.33. The molecule has 2 N–H and O–H groups in total. The molecule has 0 radical (unpaired) electrons. The minimum atomic E-state index is -0.0857. The first-order valence-electron chi connectivity index (χ1n) is 7.37. The van der Waals surface area contributed by atoms with Gasteiger partial charge in [-0.3, -0.25) is 9.69 Å². The van der Waals surface area contributed by atoms with Crippen molar-refractivity contribution >= 4 is 17.3 Å². The highest BCUT2D eigenvalue weighted by atomic mass is 16.5. The zero-order chi connectivity index (χ0) is 13.5. The lowest BCUT2D eigenvalue weighted by Gasteiger charge is -2.24. The first-order chi connectivity index (χ1) is 9.79. The van der Waals surface area contributed by atoms with Gasteiger partial charge in [-0.1, -0.05) is 0 Å². The zero-order valence-electron chi connectivity index (χ0n) is 11.4. The Bertz CT molecular complexity index is 546. The van der Waals surface area contributed by atoms with E-state index >= 15 is 0 Å². The van der Waals surface area contributed by atoms with Crippen LogP contribution < -0.4 is 15.4 Å². The van der Waals surface area contributed by atoms with Crippen LogP contribution in [0.4, 0.5) is 11.4 Å². The summed E-state index contributed by atoms with van der Waals surface area (Å²) in [5.41, 5.74) is 1.83. The fourth-order valence-corrected chi connectivity index (χ4v) is 3.64. The van der Waals surface area contributed by atoms with Gasteiger partial charge in [0.1, 0.15) is 5.75 Å². The molecule has 2 fully saturated rings. The summed E-state index contributed by atoms with van der Waals surface area (Å²) in [5, 5.41) is 6.49. The maximum atomic E-state index is 11.4. The van der Waals surface area contributed by atoms with Crippen LogP contribution in [0.25, 0.3) is 0 Å². The van der Waals surface area contributed by atoms with E-state index < -0.39 is 0 Å². The van der Waals surface area contributed by atoms with E-state index in [2.05, 4.69) is 15.5 Å². The van der Waals surface area contributed by atoms with Gasteiger partial charge in [-0.2, -0.15) is 0 Å². The van der Waals surface area contributed by atoms with E-state index in [0.717, 1.165) is 17.1 Å². The Morgan fingerprint density at radius 1 is 1.30 bits per heavy atom. The number of carbonyl (C=O) groups is 1. The molecule has 5 heteroatoms. The Labute approximate surface area is 118 Å². The average Bonchev–Trinajstić information content (AvgIpc) is 3.03. The summed E-state index contributed by atoms with van der Waals surface area (Å²) in [6, 6.07) is 7.14. The van der Waals surface area contributed by atoms with E-state index in [1.165, 1.54) is 32.4 Å². The highest BCUT2D eigenvalue weighted by Crippen LogP contribution is 2.33.